The third-order valence-corrected chi connectivity index (χ3v) is 3.91. The highest BCUT2D eigenvalue weighted by atomic mass is 16.5. The zero-order valence-corrected chi connectivity index (χ0v) is 13.7. The zero-order chi connectivity index (χ0) is 17.1. The van der Waals surface area contributed by atoms with E-state index in [9.17, 15) is 9.59 Å². The molecule has 1 N–H and O–H groups in total. The molecule has 0 atom stereocenters. The van der Waals surface area contributed by atoms with E-state index in [4.69, 9.17) is 4.74 Å². The van der Waals surface area contributed by atoms with Crippen LogP contribution in [0.3, 0.4) is 0 Å². The second-order valence-electron chi connectivity index (χ2n) is 5.57. The van der Waals surface area contributed by atoms with Gasteiger partial charge in [0.05, 0.1) is 12.7 Å². The summed E-state index contributed by atoms with van der Waals surface area (Å²) in [5, 5.41) is 0. The van der Waals surface area contributed by atoms with E-state index >= 15 is 0 Å². The van der Waals surface area contributed by atoms with E-state index in [2.05, 4.69) is 15.0 Å². The van der Waals surface area contributed by atoms with Gasteiger partial charge in [-0.1, -0.05) is 0 Å². The number of ether oxygens (including phenoxy) is 1. The minimum Gasteiger partial charge on any atom is -0.481 e. The topological polar surface area (TPSA) is 91.4 Å². The standard InChI is InChI=1S/C16H19N5O3/c1-11-9-14(24-2)19-16(18-11)21-7-5-20(6-8-21)15(23)12-3-4-13(22)17-10-12/h3-4,9-10H,5-8H2,1-2H3,(H,17,22). The van der Waals surface area contributed by atoms with Crippen LogP contribution in [0.1, 0.15) is 16.1 Å². The number of piperazine rings is 1. The smallest absolute Gasteiger partial charge is 0.255 e. The number of carbonyl (C=O) groups is 1. The zero-order valence-electron chi connectivity index (χ0n) is 13.7. The Bertz CT molecular complexity index is 776. The third-order valence-electron chi connectivity index (χ3n) is 3.91. The van der Waals surface area contributed by atoms with Crippen molar-refractivity contribution in [3.8, 4) is 5.88 Å². The van der Waals surface area contributed by atoms with Gasteiger partial charge in [0.2, 0.25) is 17.4 Å². The maximum atomic E-state index is 12.4. The van der Waals surface area contributed by atoms with Crippen molar-refractivity contribution in [1.82, 2.24) is 19.9 Å². The lowest BCUT2D eigenvalue weighted by Crippen LogP contribution is -2.49. The van der Waals surface area contributed by atoms with Crippen LogP contribution in [0.15, 0.2) is 29.2 Å². The fourth-order valence-corrected chi connectivity index (χ4v) is 2.61. The molecule has 0 saturated carbocycles. The number of aryl methyl sites for hydroxylation is 1. The minimum atomic E-state index is -0.220. The van der Waals surface area contributed by atoms with Crippen LogP contribution in [0.25, 0.3) is 0 Å². The number of hydrogen-bond acceptors (Lipinski definition) is 6. The van der Waals surface area contributed by atoms with Crippen LogP contribution in [-0.4, -0.2) is 59.0 Å². The van der Waals surface area contributed by atoms with Crippen molar-refractivity contribution < 1.29 is 9.53 Å². The monoisotopic (exact) mass is 329 g/mol. The second kappa shape index (κ2) is 6.69. The number of H-pyrrole nitrogens is 1. The first-order valence-electron chi connectivity index (χ1n) is 7.69. The van der Waals surface area contributed by atoms with E-state index in [1.165, 1.54) is 12.3 Å². The maximum absolute atomic E-state index is 12.4. The summed E-state index contributed by atoms with van der Waals surface area (Å²) in [4.78, 5) is 38.7. The van der Waals surface area contributed by atoms with Crippen LogP contribution in [0.2, 0.25) is 0 Å². The number of anilines is 1. The molecule has 0 spiro atoms. The molecular formula is C16H19N5O3. The average Bonchev–Trinajstić information content (AvgIpc) is 2.61. The van der Waals surface area contributed by atoms with Gasteiger partial charge in [-0.05, 0) is 13.0 Å². The molecule has 8 heteroatoms. The molecule has 0 aliphatic carbocycles. The Balaban J connectivity index is 1.67. The lowest BCUT2D eigenvalue weighted by atomic mass is 10.2. The van der Waals surface area contributed by atoms with Gasteiger partial charge in [0.15, 0.2) is 0 Å². The molecule has 126 valence electrons. The molecule has 2 aromatic rings. The molecule has 8 nitrogen and oxygen atoms in total. The molecule has 2 aromatic heterocycles. The molecule has 24 heavy (non-hydrogen) atoms. The quantitative estimate of drug-likeness (QED) is 0.879. The molecule has 1 saturated heterocycles. The van der Waals surface area contributed by atoms with Gasteiger partial charge < -0.3 is 19.5 Å². The van der Waals surface area contributed by atoms with E-state index in [0.717, 1.165) is 5.69 Å². The predicted octanol–water partition coefficient (Wildman–Crippen LogP) is 0.444. The van der Waals surface area contributed by atoms with Crippen molar-refractivity contribution in [2.24, 2.45) is 0 Å². The second-order valence-corrected chi connectivity index (χ2v) is 5.57. The Morgan fingerprint density at radius 3 is 2.58 bits per heavy atom. The number of pyridine rings is 1. The highest BCUT2D eigenvalue weighted by Gasteiger charge is 2.24. The van der Waals surface area contributed by atoms with Crippen LogP contribution >= 0.6 is 0 Å². The minimum absolute atomic E-state index is 0.0892. The van der Waals surface area contributed by atoms with Gasteiger partial charge in [0, 0.05) is 50.2 Å². The van der Waals surface area contributed by atoms with Crippen molar-refractivity contribution in [1.29, 1.82) is 0 Å². The molecule has 3 heterocycles. The lowest BCUT2D eigenvalue weighted by Gasteiger charge is -2.34. The number of aromatic nitrogens is 3. The number of amides is 1. The van der Waals surface area contributed by atoms with Crippen molar-refractivity contribution in [3.05, 3.63) is 46.0 Å². The molecule has 0 unspecified atom stereocenters. The Morgan fingerprint density at radius 1 is 1.21 bits per heavy atom. The van der Waals surface area contributed by atoms with E-state index in [0.29, 0.717) is 43.6 Å². The Kier molecular flexibility index (Phi) is 4.45. The number of carbonyl (C=O) groups excluding carboxylic acids is 1. The first-order valence-corrected chi connectivity index (χ1v) is 7.69. The van der Waals surface area contributed by atoms with Crippen LogP contribution in [0.5, 0.6) is 5.88 Å². The third kappa shape index (κ3) is 3.37. The summed E-state index contributed by atoms with van der Waals surface area (Å²) < 4.78 is 5.18. The molecule has 0 bridgehead atoms. The predicted molar refractivity (Wildman–Crippen MR) is 88.5 cm³/mol. The average molecular weight is 329 g/mol. The highest BCUT2D eigenvalue weighted by Crippen LogP contribution is 2.17. The summed E-state index contributed by atoms with van der Waals surface area (Å²) in [5.74, 6) is 1.06. The summed E-state index contributed by atoms with van der Waals surface area (Å²) in [6.07, 6.45) is 1.45. The van der Waals surface area contributed by atoms with Crippen molar-refractivity contribution in [2.45, 2.75) is 6.92 Å². The molecule has 1 fully saturated rings. The number of aromatic amines is 1. The number of rotatable bonds is 3. The maximum Gasteiger partial charge on any atom is 0.255 e. The number of methoxy groups -OCH3 is 1. The van der Waals surface area contributed by atoms with Gasteiger partial charge in [-0.3, -0.25) is 9.59 Å². The first-order chi connectivity index (χ1) is 11.6. The van der Waals surface area contributed by atoms with Gasteiger partial charge in [-0.15, -0.1) is 0 Å². The number of nitrogens with zero attached hydrogens (tertiary/aromatic N) is 4. The Hall–Kier alpha value is -2.90. The van der Waals surface area contributed by atoms with Gasteiger partial charge in [-0.2, -0.15) is 4.98 Å². The highest BCUT2D eigenvalue weighted by molar-refractivity contribution is 5.94. The molecule has 1 aliphatic rings. The van der Waals surface area contributed by atoms with Gasteiger partial charge >= 0.3 is 0 Å². The van der Waals surface area contributed by atoms with Crippen LogP contribution < -0.4 is 15.2 Å². The van der Waals surface area contributed by atoms with Gasteiger partial charge in [0.25, 0.3) is 5.91 Å². The Labute approximate surface area is 139 Å². The van der Waals surface area contributed by atoms with E-state index < -0.39 is 0 Å². The van der Waals surface area contributed by atoms with Crippen molar-refractivity contribution >= 4 is 11.9 Å². The summed E-state index contributed by atoms with van der Waals surface area (Å²) in [6, 6.07) is 4.68. The van der Waals surface area contributed by atoms with Crippen LogP contribution in [0, 0.1) is 6.92 Å². The van der Waals surface area contributed by atoms with Crippen molar-refractivity contribution in [3.63, 3.8) is 0 Å². The summed E-state index contributed by atoms with van der Waals surface area (Å²) in [5.41, 5.74) is 1.10. The Morgan fingerprint density at radius 2 is 1.96 bits per heavy atom. The largest absolute Gasteiger partial charge is 0.481 e. The van der Waals surface area contributed by atoms with Crippen LogP contribution in [0.4, 0.5) is 5.95 Å². The fourth-order valence-electron chi connectivity index (χ4n) is 2.61. The normalized spacial score (nSPS) is 14.6. The molecule has 0 aromatic carbocycles. The lowest BCUT2D eigenvalue weighted by molar-refractivity contribution is 0.0745. The molecule has 0 radical (unpaired) electrons. The number of hydrogen-bond donors (Lipinski definition) is 1. The summed E-state index contributed by atoms with van der Waals surface area (Å²) >= 11 is 0. The van der Waals surface area contributed by atoms with Gasteiger partial charge in [0.1, 0.15) is 0 Å². The summed E-state index contributed by atoms with van der Waals surface area (Å²) in [7, 11) is 1.58. The molecule has 1 amide bonds. The molecule has 1 aliphatic heterocycles. The van der Waals surface area contributed by atoms with E-state index in [-0.39, 0.29) is 11.5 Å². The van der Waals surface area contributed by atoms with Gasteiger partial charge in [-0.25, -0.2) is 4.98 Å². The summed E-state index contributed by atoms with van der Waals surface area (Å²) in [6.45, 7) is 4.31. The number of nitrogens with one attached hydrogen (secondary N) is 1. The molecule has 3 rings (SSSR count). The first kappa shape index (κ1) is 16.0. The van der Waals surface area contributed by atoms with Crippen LogP contribution in [-0.2, 0) is 0 Å². The SMILES string of the molecule is COc1cc(C)nc(N2CCN(C(=O)c3ccc(=O)[nH]c3)CC2)n1. The van der Waals surface area contributed by atoms with E-state index in [1.54, 1.807) is 24.1 Å². The fraction of sp³-hybridized carbons (Fsp3) is 0.375. The van der Waals surface area contributed by atoms with E-state index in [1.807, 2.05) is 11.8 Å². The molecular weight excluding hydrogens is 310 g/mol. The van der Waals surface area contributed by atoms with Crippen molar-refractivity contribution in [2.75, 3.05) is 38.2 Å².